The van der Waals surface area contributed by atoms with E-state index in [-0.39, 0.29) is 11.4 Å². The molecule has 2 N–H and O–H groups in total. The van der Waals surface area contributed by atoms with Gasteiger partial charge in [0.1, 0.15) is 5.82 Å². The summed E-state index contributed by atoms with van der Waals surface area (Å²) in [6.45, 7) is 1.68. The van der Waals surface area contributed by atoms with Gasteiger partial charge in [0.2, 0.25) is 0 Å². The van der Waals surface area contributed by atoms with Crippen LogP contribution in [-0.4, -0.2) is 11.1 Å². The van der Waals surface area contributed by atoms with Gasteiger partial charge in [-0.25, -0.2) is 9.18 Å². The molecule has 3 nitrogen and oxygen atoms in total. The van der Waals surface area contributed by atoms with Gasteiger partial charge in [0.05, 0.1) is 16.3 Å². The topological polar surface area (TPSA) is 49.3 Å². The van der Waals surface area contributed by atoms with Gasteiger partial charge in [-0.3, -0.25) is 0 Å². The molecule has 0 bridgehead atoms. The highest BCUT2D eigenvalue weighted by Crippen LogP contribution is 2.37. The lowest BCUT2D eigenvalue weighted by Crippen LogP contribution is -2.03. The average molecular weight is 356 g/mol. The van der Waals surface area contributed by atoms with Crippen LogP contribution in [0, 0.1) is 12.7 Å². The fourth-order valence-corrected chi connectivity index (χ4v) is 2.93. The van der Waals surface area contributed by atoms with Crippen molar-refractivity contribution in [1.29, 1.82) is 0 Å². The lowest BCUT2D eigenvalue weighted by Gasteiger charge is -2.16. The Hall–Kier alpha value is -2.85. The van der Waals surface area contributed by atoms with Crippen LogP contribution in [0.3, 0.4) is 0 Å². The fraction of sp³-hybridized carbons (Fsp3) is 0.0500. The summed E-state index contributed by atoms with van der Waals surface area (Å²) in [5, 5.41) is 13.0. The number of halogens is 2. The highest BCUT2D eigenvalue weighted by Gasteiger charge is 2.14. The highest BCUT2D eigenvalue weighted by atomic mass is 35.5. The van der Waals surface area contributed by atoms with Gasteiger partial charge in [0.15, 0.2) is 0 Å². The van der Waals surface area contributed by atoms with Crippen LogP contribution in [-0.2, 0) is 0 Å². The van der Waals surface area contributed by atoms with Crippen LogP contribution in [0.4, 0.5) is 15.8 Å². The molecule has 0 aliphatic carbocycles. The Balaban J connectivity index is 2.11. The first-order valence-electron chi connectivity index (χ1n) is 7.62. The molecule has 0 spiro atoms. The Kier molecular flexibility index (Phi) is 4.72. The third-order valence-corrected chi connectivity index (χ3v) is 4.20. The summed E-state index contributed by atoms with van der Waals surface area (Å²) < 4.78 is 13.6. The van der Waals surface area contributed by atoms with E-state index in [1.807, 2.05) is 0 Å². The van der Waals surface area contributed by atoms with Gasteiger partial charge >= 0.3 is 5.97 Å². The van der Waals surface area contributed by atoms with Crippen molar-refractivity contribution < 1.29 is 14.3 Å². The molecule has 5 heteroatoms. The summed E-state index contributed by atoms with van der Waals surface area (Å²) in [7, 11) is 0. The fourth-order valence-electron chi connectivity index (χ4n) is 2.65. The molecule has 0 aromatic heterocycles. The molecular weight excluding hydrogens is 341 g/mol. The number of aromatic carboxylic acids is 1. The van der Waals surface area contributed by atoms with E-state index >= 15 is 0 Å². The Morgan fingerprint density at radius 1 is 1.04 bits per heavy atom. The van der Waals surface area contributed by atoms with Crippen molar-refractivity contribution in [2.45, 2.75) is 6.92 Å². The van der Waals surface area contributed by atoms with Crippen molar-refractivity contribution in [1.82, 2.24) is 0 Å². The molecule has 0 unspecified atom stereocenters. The molecule has 3 rings (SSSR count). The first-order valence-corrected chi connectivity index (χ1v) is 7.99. The minimum atomic E-state index is -1.02. The molecule has 0 atom stereocenters. The summed E-state index contributed by atoms with van der Waals surface area (Å²) in [6.07, 6.45) is 0. The quantitative estimate of drug-likeness (QED) is 0.612. The maximum atomic E-state index is 13.6. The van der Waals surface area contributed by atoms with Gasteiger partial charge in [-0.15, -0.1) is 0 Å². The summed E-state index contributed by atoms with van der Waals surface area (Å²) in [5.41, 5.74) is 3.20. The standard InChI is InChI=1S/C20H15ClFNO2/c1-12-11-13(9-10-16(12)22)19-15(21)6-4-8-18(19)23-17-7-3-2-5-14(17)20(24)25/h2-11,23H,1H3,(H,24,25). The van der Waals surface area contributed by atoms with Crippen molar-refractivity contribution in [3.05, 3.63) is 82.6 Å². The number of anilines is 2. The number of carboxylic acids is 1. The summed E-state index contributed by atoms with van der Waals surface area (Å²) in [6, 6.07) is 16.7. The number of nitrogens with one attached hydrogen (secondary N) is 1. The number of rotatable bonds is 4. The molecule has 3 aromatic rings. The van der Waals surface area contributed by atoms with Crippen LogP contribution in [0.5, 0.6) is 0 Å². The largest absolute Gasteiger partial charge is 0.478 e. The van der Waals surface area contributed by atoms with E-state index in [4.69, 9.17) is 11.6 Å². The normalized spacial score (nSPS) is 10.5. The highest BCUT2D eigenvalue weighted by molar-refractivity contribution is 6.34. The van der Waals surface area contributed by atoms with Crippen LogP contribution < -0.4 is 5.32 Å². The number of benzene rings is 3. The monoisotopic (exact) mass is 355 g/mol. The molecule has 0 saturated carbocycles. The van der Waals surface area contributed by atoms with Gasteiger partial charge in [-0.2, -0.15) is 0 Å². The maximum Gasteiger partial charge on any atom is 0.337 e. The van der Waals surface area contributed by atoms with Crippen LogP contribution in [0.2, 0.25) is 5.02 Å². The van der Waals surface area contributed by atoms with Crippen LogP contribution in [0.1, 0.15) is 15.9 Å². The van der Waals surface area contributed by atoms with E-state index in [2.05, 4.69) is 5.32 Å². The zero-order valence-corrected chi connectivity index (χ0v) is 14.1. The van der Waals surface area contributed by atoms with Gasteiger partial charge < -0.3 is 10.4 Å². The van der Waals surface area contributed by atoms with E-state index in [1.165, 1.54) is 12.1 Å². The Bertz CT molecular complexity index is 956. The molecule has 0 radical (unpaired) electrons. The molecule has 0 amide bonds. The SMILES string of the molecule is Cc1cc(-c2c(Cl)cccc2Nc2ccccc2C(=O)O)ccc1F. The van der Waals surface area contributed by atoms with E-state index in [1.54, 1.807) is 55.5 Å². The summed E-state index contributed by atoms with van der Waals surface area (Å²) in [4.78, 5) is 11.4. The van der Waals surface area contributed by atoms with Crippen molar-refractivity contribution in [2.75, 3.05) is 5.32 Å². The molecular formula is C20H15ClFNO2. The lowest BCUT2D eigenvalue weighted by molar-refractivity contribution is 0.0698. The average Bonchev–Trinajstić information content (AvgIpc) is 2.58. The number of carboxylic acid groups (broad SMARTS) is 1. The van der Waals surface area contributed by atoms with Crippen molar-refractivity contribution in [3.63, 3.8) is 0 Å². The van der Waals surface area contributed by atoms with Gasteiger partial charge in [-0.1, -0.05) is 35.9 Å². The number of hydrogen-bond donors (Lipinski definition) is 2. The molecule has 0 fully saturated rings. The first kappa shape index (κ1) is 17.0. The Morgan fingerprint density at radius 2 is 1.76 bits per heavy atom. The molecule has 25 heavy (non-hydrogen) atoms. The third kappa shape index (κ3) is 3.49. The first-order chi connectivity index (χ1) is 12.0. The van der Waals surface area contributed by atoms with Crippen LogP contribution in [0.25, 0.3) is 11.1 Å². The minimum absolute atomic E-state index is 0.156. The second kappa shape index (κ2) is 6.95. The van der Waals surface area contributed by atoms with Crippen LogP contribution in [0.15, 0.2) is 60.7 Å². The second-order valence-electron chi connectivity index (χ2n) is 5.60. The Morgan fingerprint density at radius 3 is 2.48 bits per heavy atom. The number of aryl methyl sites for hydroxylation is 1. The van der Waals surface area contributed by atoms with E-state index in [0.717, 1.165) is 5.56 Å². The zero-order chi connectivity index (χ0) is 18.0. The number of carbonyl (C=O) groups is 1. The third-order valence-electron chi connectivity index (χ3n) is 3.89. The summed E-state index contributed by atoms with van der Waals surface area (Å²) >= 11 is 6.37. The number of para-hydroxylation sites is 1. The van der Waals surface area contributed by atoms with Crippen molar-refractivity contribution >= 4 is 28.9 Å². The van der Waals surface area contributed by atoms with Crippen LogP contribution >= 0.6 is 11.6 Å². The molecule has 0 aliphatic rings. The predicted octanol–water partition coefficient (Wildman–Crippen LogP) is 5.90. The van der Waals surface area contributed by atoms with Gasteiger partial charge in [0, 0.05) is 11.3 Å². The van der Waals surface area contributed by atoms with E-state index in [9.17, 15) is 14.3 Å². The molecule has 0 heterocycles. The van der Waals surface area contributed by atoms with Crippen molar-refractivity contribution in [3.8, 4) is 11.1 Å². The molecule has 3 aromatic carbocycles. The summed E-state index contributed by atoms with van der Waals surface area (Å²) in [5.74, 6) is -1.31. The molecule has 0 aliphatic heterocycles. The van der Waals surface area contributed by atoms with E-state index < -0.39 is 5.97 Å². The lowest BCUT2D eigenvalue weighted by atomic mass is 10.0. The van der Waals surface area contributed by atoms with Crippen molar-refractivity contribution in [2.24, 2.45) is 0 Å². The second-order valence-corrected chi connectivity index (χ2v) is 6.01. The minimum Gasteiger partial charge on any atom is -0.478 e. The van der Waals surface area contributed by atoms with Gasteiger partial charge in [0.25, 0.3) is 0 Å². The zero-order valence-electron chi connectivity index (χ0n) is 13.4. The molecule has 0 saturated heterocycles. The number of hydrogen-bond acceptors (Lipinski definition) is 2. The van der Waals surface area contributed by atoms with Gasteiger partial charge in [-0.05, 0) is 54.4 Å². The molecule has 126 valence electrons. The maximum absolute atomic E-state index is 13.6. The smallest absolute Gasteiger partial charge is 0.337 e. The predicted molar refractivity (Wildman–Crippen MR) is 98.3 cm³/mol. The van der Waals surface area contributed by atoms with E-state index in [0.29, 0.717) is 27.5 Å². The Labute approximate surface area is 149 Å².